The van der Waals surface area contributed by atoms with Crippen molar-refractivity contribution in [3.63, 3.8) is 0 Å². The van der Waals surface area contributed by atoms with E-state index in [9.17, 15) is 14.7 Å². The number of furan rings is 1. The van der Waals surface area contributed by atoms with Gasteiger partial charge in [0.2, 0.25) is 11.6 Å². The van der Waals surface area contributed by atoms with E-state index in [4.69, 9.17) is 4.42 Å². The number of ketones is 2. The largest absolute Gasteiger partial charge is 0.504 e. The summed E-state index contributed by atoms with van der Waals surface area (Å²) in [6.45, 7) is 1.50. The number of aromatic nitrogens is 4. The smallest absolute Gasteiger partial charge is 0.239 e. The fourth-order valence-electron chi connectivity index (χ4n) is 2.29. The van der Waals surface area contributed by atoms with Gasteiger partial charge in [-0.05, 0) is 23.8 Å². The van der Waals surface area contributed by atoms with Gasteiger partial charge in [0.25, 0.3) is 0 Å². The summed E-state index contributed by atoms with van der Waals surface area (Å²) in [5, 5.41) is 22.5. The molecule has 3 rings (SSSR count). The molecule has 0 aliphatic heterocycles. The third kappa shape index (κ3) is 3.69. The van der Waals surface area contributed by atoms with E-state index in [0.29, 0.717) is 17.5 Å². The summed E-state index contributed by atoms with van der Waals surface area (Å²) in [6, 6.07) is 8.81. The zero-order valence-electron chi connectivity index (χ0n) is 13.3. The predicted molar refractivity (Wildman–Crippen MR) is 87.1 cm³/mol. The molecule has 2 aromatic heterocycles. The van der Waals surface area contributed by atoms with Crippen molar-refractivity contribution in [3.05, 3.63) is 70.9 Å². The molecule has 25 heavy (non-hydrogen) atoms. The Kier molecular flexibility index (Phi) is 4.51. The summed E-state index contributed by atoms with van der Waals surface area (Å²) in [4.78, 5) is 23.6. The van der Waals surface area contributed by atoms with Crippen LogP contribution < -0.4 is 0 Å². The average molecular weight is 338 g/mol. The van der Waals surface area contributed by atoms with Gasteiger partial charge in [-0.15, -0.1) is 10.2 Å². The highest BCUT2D eigenvalue weighted by Gasteiger charge is 2.16. The Morgan fingerprint density at radius 3 is 2.64 bits per heavy atom. The Balaban J connectivity index is 1.79. The Morgan fingerprint density at radius 2 is 2.00 bits per heavy atom. The number of H-pyrrole nitrogens is 1. The van der Waals surface area contributed by atoms with Crippen molar-refractivity contribution in [2.45, 2.75) is 13.3 Å². The van der Waals surface area contributed by atoms with Crippen LogP contribution in [0, 0.1) is 0 Å². The Labute approximate surface area is 142 Å². The van der Waals surface area contributed by atoms with Crippen molar-refractivity contribution in [1.29, 1.82) is 0 Å². The number of nitrogens with one attached hydrogen (secondary N) is 1. The number of tetrazole rings is 1. The minimum atomic E-state index is -0.511. The third-order valence-electron chi connectivity index (χ3n) is 3.57. The zero-order valence-corrected chi connectivity index (χ0v) is 13.3. The molecule has 0 bridgehead atoms. The highest BCUT2D eigenvalue weighted by molar-refractivity contribution is 6.06. The van der Waals surface area contributed by atoms with Gasteiger partial charge in [0.1, 0.15) is 0 Å². The first kappa shape index (κ1) is 16.3. The second kappa shape index (κ2) is 6.91. The maximum atomic E-state index is 12.3. The van der Waals surface area contributed by atoms with E-state index in [-0.39, 0.29) is 17.4 Å². The van der Waals surface area contributed by atoms with Crippen LogP contribution in [0.15, 0.2) is 47.1 Å². The van der Waals surface area contributed by atoms with Crippen LogP contribution in [0.25, 0.3) is 5.76 Å². The molecular weight excluding hydrogens is 324 g/mol. The molecule has 0 fully saturated rings. The van der Waals surface area contributed by atoms with Crippen LogP contribution in [0.2, 0.25) is 0 Å². The van der Waals surface area contributed by atoms with E-state index in [1.54, 1.807) is 18.2 Å². The summed E-state index contributed by atoms with van der Waals surface area (Å²) >= 11 is 0. The number of carbonyl (C=O) groups excluding carboxylic acids is 2. The highest BCUT2D eigenvalue weighted by atomic mass is 16.3. The van der Waals surface area contributed by atoms with Crippen LogP contribution in [0.3, 0.4) is 0 Å². The molecule has 0 radical (unpaired) electrons. The molecule has 0 saturated carbocycles. The van der Waals surface area contributed by atoms with Crippen LogP contribution in [0.1, 0.15) is 44.8 Å². The Bertz CT molecular complexity index is 924. The number of aromatic amines is 1. The Morgan fingerprint density at radius 1 is 1.24 bits per heavy atom. The topological polar surface area (TPSA) is 122 Å². The van der Waals surface area contributed by atoms with Crippen molar-refractivity contribution in [3.8, 4) is 0 Å². The summed E-state index contributed by atoms with van der Waals surface area (Å²) in [7, 11) is 0. The second-order valence-electron chi connectivity index (χ2n) is 5.33. The summed E-state index contributed by atoms with van der Waals surface area (Å²) in [5.41, 5.74) is 2.21. The van der Waals surface area contributed by atoms with Gasteiger partial charge < -0.3 is 9.52 Å². The monoisotopic (exact) mass is 338 g/mol. The quantitative estimate of drug-likeness (QED) is 0.402. The molecule has 0 amide bonds. The number of carbonyl (C=O) groups is 2. The number of nitrogens with zero attached hydrogens (tertiary/aromatic N) is 3. The van der Waals surface area contributed by atoms with E-state index < -0.39 is 11.5 Å². The van der Waals surface area contributed by atoms with Gasteiger partial charge in [-0.1, -0.05) is 24.3 Å². The normalized spacial score (nSPS) is 11.5. The molecule has 0 atom stereocenters. The first-order chi connectivity index (χ1) is 12.0. The molecule has 0 aliphatic carbocycles. The van der Waals surface area contributed by atoms with E-state index in [1.165, 1.54) is 13.2 Å². The number of benzene rings is 1. The van der Waals surface area contributed by atoms with Crippen LogP contribution in [-0.4, -0.2) is 37.3 Å². The maximum absolute atomic E-state index is 12.3. The fraction of sp³-hybridized carbons (Fsp3) is 0.118. The van der Waals surface area contributed by atoms with Gasteiger partial charge in [-0.3, -0.25) is 9.59 Å². The molecular formula is C17H14N4O4. The van der Waals surface area contributed by atoms with Crippen LogP contribution in [0.5, 0.6) is 0 Å². The van der Waals surface area contributed by atoms with Crippen molar-refractivity contribution in [2.24, 2.45) is 0 Å². The number of hydrogen-bond acceptors (Lipinski definition) is 7. The number of aliphatic hydroxyl groups is 1. The molecule has 1 aromatic carbocycles. The minimum absolute atomic E-state index is 0.00666. The maximum Gasteiger partial charge on any atom is 0.239 e. The number of hydrogen-bond donors (Lipinski definition) is 2. The lowest BCUT2D eigenvalue weighted by Gasteiger charge is -2.02. The fourth-order valence-corrected chi connectivity index (χ4v) is 2.29. The number of allylic oxidation sites excluding steroid dienone is 1. The van der Waals surface area contributed by atoms with Gasteiger partial charge in [0.05, 0.1) is 6.26 Å². The number of rotatable bonds is 6. The lowest BCUT2D eigenvalue weighted by atomic mass is 10.0. The molecule has 2 heterocycles. The van der Waals surface area contributed by atoms with E-state index in [0.717, 1.165) is 11.6 Å². The van der Waals surface area contributed by atoms with Gasteiger partial charge in [-0.25, -0.2) is 0 Å². The van der Waals surface area contributed by atoms with E-state index in [1.807, 2.05) is 12.1 Å². The standard InChI is InChI=1S/C17H14N4O4/c1-10(22)12-4-2-11(3-5-12)8-13-6-7-25-16(13)14(23)9-15(24)17-18-20-21-19-17/h2-7,9,24H,8H2,1H3,(H,18,19,20,21). The van der Waals surface area contributed by atoms with Crippen molar-refractivity contribution < 1.29 is 19.1 Å². The first-order valence-corrected chi connectivity index (χ1v) is 7.39. The van der Waals surface area contributed by atoms with Crippen LogP contribution in [-0.2, 0) is 6.42 Å². The summed E-state index contributed by atoms with van der Waals surface area (Å²) in [6.07, 6.45) is 2.84. The van der Waals surface area contributed by atoms with Gasteiger partial charge in [-0.2, -0.15) is 5.21 Å². The lowest BCUT2D eigenvalue weighted by Crippen LogP contribution is -2.01. The zero-order chi connectivity index (χ0) is 17.8. The molecule has 0 unspecified atom stereocenters. The van der Waals surface area contributed by atoms with Crippen molar-refractivity contribution >= 4 is 17.3 Å². The molecule has 0 spiro atoms. The van der Waals surface area contributed by atoms with Gasteiger partial charge in [0.15, 0.2) is 17.3 Å². The number of aliphatic hydroxyl groups excluding tert-OH is 1. The third-order valence-corrected chi connectivity index (χ3v) is 3.57. The Hall–Kier alpha value is -3.55. The molecule has 2 N–H and O–H groups in total. The molecule has 3 aromatic rings. The first-order valence-electron chi connectivity index (χ1n) is 7.39. The molecule has 0 saturated heterocycles. The average Bonchev–Trinajstić information content (AvgIpc) is 3.27. The molecule has 126 valence electrons. The van der Waals surface area contributed by atoms with Crippen molar-refractivity contribution in [1.82, 2.24) is 20.6 Å². The van der Waals surface area contributed by atoms with E-state index >= 15 is 0 Å². The molecule has 8 heteroatoms. The number of Topliss-reactive ketones (excluding diaryl/α,β-unsaturated/α-hetero) is 1. The van der Waals surface area contributed by atoms with Crippen LogP contribution in [0.4, 0.5) is 0 Å². The summed E-state index contributed by atoms with van der Waals surface area (Å²) < 4.78 is 5.26. The van der Waals surface area contributed by atoms with Gasteiger partial charge >= 0.3 is 0 Å². The second-order valence-corrected chi connectivity index (χ2v) is 5.33. The van der Waals surface area contributed by atoms with Crippen LogP contribution >= 0.6 is 0 Å². The minimum Gasteiger partial charge on any atom is -0.504 e. The molecule has 0 aliphatic rings. The lowest BCUT2D eigenvalue weighted by molar-refractivity contribution is 0.101. The summed E-state index contributed by atoms with van der Waals surface area (Å²) in [5.74, 6) is -0.894. The highest BCUT2D eigenvalue weighted by Crippen LogP contribution is 2.18. The van der Waals surface area contributed by atoms with E-state index in [2.05, 4.69) is 20.6 Å². The predicted octanol–water partition coefficient (Wildman–Crippen LogP) is 2.37. The SMILES string of the molecule is CC(=O)c1ccc(Cc2ccoc2C(=O)C=C(O)c2nn[nH]n2)cc1. The van der Waals surface area contributed by atoms with Gasteiger partial charge in [0, 0.05) is 23.6 Å². The molecule has 8 nitrogen and oxygen atoms in total. The van der Waals surface area contributed by atoms with Crippen molar-refractivity contribution in [2.75, 3.05) is 0 Å².